The topological polar surface area (TPSA) is 59.8 Å². The number of amides is 1. The van der Waals surface area contributed by atoms with Crippen LogP contribution >= 0.6 is 27.3 Å². The third kappa shape index (κ3) is 4.22. The molecule has 0 spiro atoms. The molecule has 1 amide bonds. The molecule has 0 aliphatic heterocycles. The van der Waals surface area contributed by atoms with Gasteiger partial charge in [0.25, 0.3) is 5.91 Å². The number of halogens is 1. The molecule has 7 heteroatoms. The third-order valence-corrected chi connectivity index (χ3v) is 6.60. The zero-order valence-corrected chi connectivity index (χ0v) is 19.3. The van der Waals surface area contributed by atoms with Gasteiger partial charge in [0, 0.05) is 27.8 Å². The summed E-state index contributed by atoms with van der Waals surface area (Å²) >= 11 is 4.76. The number of carbonyl (C=O) groups excluding carboxylic acids is 1. The summed E-state index contributed by atoms with van der Waals surface area (Å²) in [5, 5.41) is 8.35. The molecular weight excluding hydrogens is 460 g/mol. The molecule has 0 radical (unpaired) electrons. The van der Waals surface area contributed by atoms with Gasteiger partial charge in [-0.3, -0.25) is 4.79 Å². The van der Waals surface area contributed by atoms with E-state index >= 15 is 0 Å². The molecule has 2 aromatic heterocycles. The molecule has 152 valence electrons. The average Bonchev–Trinajstić information content (AvgIpc) is 3.25. The van der Waals surface area contributed by atoms with Gasteiger partial charge in [0.05, 0.1) is 11.4 Å². The molecule has 4 rings (SSSR count). The Hall–Kier alpha value is -2.77. The molecule has 0 fully saturated rings. The van der Waals surface area contributed by atoms with Crippen molar-refractivity contribution in [2.24, 2.45) is 0 Å². The fourth-order valence-corrected chi connectivity index (χ4v) is 4.55. The number of rotatable bonds is 5. The second-order valence-electron chi connectivity index (χ2n) is 7.10. The number of aryl methyl sites for hydroxylation is 2. The van der Waals surface area contributed by atoms with Crippen molar-refractivity contribution in [3.63, 3.8) is 0 Å². The minimum absolute atomic E-state index is 0.162. The summed E-state index contributed by atoms with van der Waals surface area (Å²) in [6.07, 6.45) is 0.819. The van der Waals surface area contributed by atoms with Gasteiger partial charge in [-0.25, -0.2) is 9.67 Å². The van der Waals surface area contributed by atoms with E-state index in [0.717, 1.165) is 28.0 Å². The Labute approximate surface area is 187 Å². The minimum Gasteiger partial charge on any atom is -0.321 e. The summed E-state index contributed by atoms with van der Waals surface area (Å²) in [5.74, 6) is -0.162. The number of aromatic nitrogens is 3. The van der Waals surface area contributed by atoms with E-state index in [9.17, 15) is 4.79 Å². The van der Waals surface area contributed by atoms with E-state index in [-0.39, 0.29) is 5.91 Å². The van der Waals surface area contributed by atoms with Gasteiger partial charge < -0.3 is 5.32 Å². The Morgan fingerprint density at radius 1 is 1.03 bits per heavy atom. The van der Waals surface area contributed by atoms with Crippen LogP contribution in [0.1, 0.15) is 37.9 Å². The van der Waals surface area contributed by atoms with Gasteiger partial charge in [0.15, 0.2) is 0 Å². The Bertz CT molecular complexity index is 1200. The Kier molecular flexibility index (Phi) is 5.83. The van der Waals surface area contributed by atoms with E-state index in [2.05, 4.69) is 45.3 Å². The van der Waals surface area contributed by atoms with Crippen molar-refractivity contribution >= 4 is 38.9 Å². The zero-order valence-electron chi connectivity index (χ0n) is 16.9. The van der Waals surface area contributed by atoms with Crippen LogP contribution in [0, 0.1) is 20.8 Å². The minimum atomic E-state index is -0.162. The maximum absolute atomic E-state index is 12.8. The summed E-state index contributed by atoms with van der Waals surface area (Å²) < 4.78 is 2.81. The Balaban J connectivity index is 1.60. The molecule has 0 bridgehead atoms. The highest BCUT2D eigenvalue weighted by atomic mass is 79.9. The van der Waals surface area contributed by atoms with Crippen LogP contribution in [0.25, 0.3) is 5.13 Å². The van der Waals surface area contributed by atoms with Crippen LogP contribution in [-0.2, 0) is 6.42 Å². The second kappa shape index (κ2) is 8.53. The van der Waals surface area contributed by atoms with Crippen LogP contribution in [0.15, 0.2) is 59.1 Å². The van der Waals surface area contributed by atoms with Crippen molar-refractivity contribution in [1.29, 1.82) is 0 Å². The van der Waals surface area contributed by atoms with Crippen molar-refractivity contribution in [3.8, 4) is 5.13 Å². The molecule has 0 aliphatic carbocycles. The van der Waals surface area contributed by atoms with E-state index < -0.39 is 0 Å². The number of carbonyl (C=O) groups is 1. The predicted molar refractivity (Wildman–Crippen MR) is 125 cm³/mol. The first-order valence-electron chi connectivity index (χ1n) is 9.56. The molecule has 4 aromatic rings. The summed E-state index contributed by atoms with van der Waals surface area (Å²) in [6, 6.07) is 17.9. The van der Waals surface area contributed by atoms with E-state index in [1.54, 1.807) is 0 Å². The molecule has 0 saturated carbocycles. The van der Waals surface area contributed by atoms with Crippen LogP contribution in [-0.4, -0.2) is 20.7 Å². The van der Waals surface area contributed by atoms with Crippen LogP contribution in [0.3, 0.4) is 0 Å². The van der Waals surface area contributed by atoms with Gasteiger partial charge in [-0.1, -0.05) is 57.6 Å². The smallest absolute Gasteiger partial charge is 0.267 e. The maximum atomic E-state index is 12.8. The van der Waals surface area contributed by atoms with Crippen molar-refractivity contribution in [3.05, 3.63) is 92.2 Å². The summed E-state index contributed by atoms with van der Waals surface area (Å²) in [7, 11) is 0. The lowest BCUT2D eigenvalue weighted by Crippen LogP contribution is -2.11. The summed E-state index contributed by atoms with van der Waals surface area (Å²) in [4.78, 5) is 18.0. The first-order valence-corrected chi connectivity index (χ1v) is 11.2. The lowest BCUT2D eigenvalue weighted by molar-refractivity contribution is 0.103. The highest BCUT2D eigenvalue weighted by Gasteiger charge is 2.20. The van der Waals surface area contributed by atoms with Crippen LogP contribution in [0.5, 0.6) is 0 Å². The zero-order chi connectivity index (χ0) is 21.3. The number of thiazole rings is 1. The monoisotopic (exact) mass is 480 g/mol. The number of anilines is 1. The fourth-order valence-electron chi connectivity index (χ4n) is 3.32. The molecule has 0 aliphatic rings. The molecule has 5 nitrogen and oxygen atoms in total. The van der Waals surface area contributed by atoms with Crippen molar-refractivity contribution in [2.75, 3.05) is 5.32 Å². The van der Waals surface area contributed by atoms with E-state index in [0.29, 0.717) is 15.7 Å². The first kappa shape index (κ1) is 20.5. The Morgan fingerprint density at radius 3 is 2.43 bits per heavy atom. The van der Waals surface area contributed by atoms with Gasteiger partial charge in [-0.05, 0) is 50.6 Å². The quantitative estimate of drug-likeness (QED) is 0.389. The molecule has 0 atom stereocenters. The van der Waals surface area contributed by atoms with Crippen LogP contribution < -0.4 is 5.32 Å². The predicted octanol–water partition coefficient (Wildman–Crippen LogP) is 5.86. The molecule has 1 N–H and O–H groups in total. The number of nitrogens with zero attached hydrogens (tertiary/aromatic N) is 3. The van der Waals surface area contributed by atoms with Crippen LogP contribution in [0.4, 0.5) is 5.69 Å². The first-order chi connectivity index (χ1) is 14.4. The van der Waals surface area contributed by atoms with E-state index in [1.165, 1.54) is 22.5 Å². The van der Waals surface area contributed by atoms with Crippen molar-refractivity contribution in [1.82, 2.24) is 14.8 Å². The number of nitrogens with one attached hydrogen (secondary N) is 1. The Morgan fingerprint density at radius 2 is 1.73 bits per heavy atom. The van der Waals surface area contributed by atoms with Gasteiger partial charge in [-0.2, -0.15) is 5.10 Å². The second-order valence-corrected chi connectivity index (χ2v) is 8.99. The van der Waals surface area contributed by atoms with Gasteiger partial charge in [0.1, 0.15) is 4.88 Å². The van der Waals surface area contributed by atoms with Crippen molar-refractivity contribution < 1.29 is 4.79 Å². The van der Waals surface area contributed by atoms with Gasteiger partial charge in [0.2, 0.25) is 5.13 Å². The number of hydrogen-bond acceptors (Lipinski definition) is 4. The highest BCUT2D eigenvalue weighted by Crippen LogP contribution is 2.27. The summed E-state index contributed by atoms with van der Waals surface area (Å²) in [6.45, 7) is 5.92. The lowest BCUT2D eigenvalue weighted by atomic mass is 10.0. The number of hydrogen-bond donors (Lipinski definition) is 1. The van der Waals surface area contributed by atoms with E-state index in [4.69, 9.17) is 5.10 Å². The van der Waals surface area contributed by atoms with Gasteiger partial charge >= 0.3 is 0 Å². The fraction of sp³-hybridized carbons (Fsp3) is 0.174. The van der Waals surface area contributed by atoms with Crippen LogP contribution in [0.2, 0.25) is 0 Å². The molecular formula is C23H21BrN4OS. The lowest BCUT2D eigenvalue weighted by Gasteiger charge is -2.04. The largest absolute Gasteiger partial charge is 0.321 e. The van der Waals surface area contributed by atoms with Crippen molar-refractivity contribution in [2.45, 2.75) is 27.2 Å². The molecule has 30 heavy (non-hydrogen) atoms. The number of benzene rings is 2. The highest BCUT2D eigenvalue weighted by molar-refractivity contribution is 9.10. The molecule has 2 heterocycles. The third-order valence-electron chi connectivity index (χ3n) is 4.94. The van der Waals surface area contributed by atoms with Gasteiger partial charge in [-0.15, -0.1) is 0 Å². The standard InChI is InChI=1S/C23H21BrN4OS/c1-14-20(13-17-7-5-4-6-8-17)16(3)28(27-14)23-25-15(2)21(30-23)22(29)26-19-11-9-18(24)10-12-19/h4-12H,13H2,1-3H3,(H,26,29). The SMILES string of the molecule is Cc1nc(-n2nc(C)c(Cc3ccccc3)c2C)sc1C(=O)Nc1ccc(Br)cc1. The van der Waals surface area contributed by atoms with E-state index in [1.807, 2.05) is 61.0 Å². The molecule has 0 saturated heterocycles. The molecule has 2 aromatic carbocycles. The normalized spacial score (nSPS) is 10.9. The summed E-state index contributed by atoms with van der Waals surface area (Å²) in [5.41, 5.74) is 5.90. The maximum Gasteiger partial charge on any atom is 0.267 e. The molecule has 0 unspecified atom stereocenters. The average molecular weight is 481 g/mol.